The molecule has 1 amide bonds. The van der Waals surface area contributed by atoms with Crippen molar-refractivity contribution in [2.75, 3.05) is 6.54 Å². The number of nitrogens with one attached hydrogen (secondary N) is 1. The number of imidazole rings is 2. The minimum Gasteiger partial charge on any atom is -0.345 e. The van der Waals surface area contributed by atoms with Crippen LogP contribution in [0.5, 0.6) is 0 Å². The fraction of sp³-hybridized carbons (Fsp3) is 0.278. The fourth-order valence-corrected chi connectivity index (χ4v) is 3.33. The first-order chi connectivity index (χ1) is 14.1. The number of hydrogen-bond donors (Lipinski definition) is 1. The van der Waals surface area contributed by atoms with Gasteiger partial charge in [0, 0.05) is 5.02 Å². The van der Waals surface area contributed by atoms with Crippen LogP contribution in [0.25, 0.3) is 28.1 Å². The molecule has 12 heteroatoms. The van der Waals surface area contributed by atoms with Crippen molar-refractivity contribution in [3.05, 3.63) is 41.6 Å². The predicted molar refractivity (Wildman–Crippen MR) is 103 cm³/mol. The minimum absolute atomic E-state index is 0.260. The second-order valence-corrected chi connectivity index (χ2v) is 7.10. The molecular weight excluding hydrogens is 423 g/mol. The van der Waals surface area contributed by atoms with Crippen molar-refractivity contribution in [1.29, 1.82) is 0 Å². The molecule has 1 unspecified atom stereocenters. The van der Waals surface area contributed by atoms with Crippen LogP contribution in [0.3, 0.4) is 0 Å². The van der Waals surface area contributed by atoms with E-state index in [4.69, 9.17) is 11.6 Å². The van der Waals surface area contributed by atoms with Gasteiger partial charge < -0.3 is 9.88 Å². The summed E-state index contributed by atoms with van der Waals surface area (Å²) in [6, 6.07) is 4.22. The van der Waals surface area contributed by atoms with Crippen molar-refractivity contribution in [2.24, 2.45) is 0 Å². The third kappa shape index (κ3) is 3.67. The summed E-state index contributed by atoms with van der Waals surface area (Å²) in [6.07, 6.45) is -1.48. The van der Waals surface area contributed by atoms with E-state index in [1.54, 1.807) is 29.7 Å². The summed E-state index contributed by atoms with van der Waals surface area (Å²) in [6.45, 7) is 1.71. The maximum absolute atomic E-state index is 12.4. The molecule has 0 saturated heterocycles. The quantitative estimate of drug-likeness (QED) is 0.528. The van der Waals surface area contributed by atoms with E-state index in [-0.39, 0.29) is 5.95 Å². The number of alkyl halides is 3. The van der Waals surface area contributed by atoms with Gasteiger partial charge in [0.2, 0.25) is 11.9 Å². The van der Waals surface area contributed by atoms with Crippen molar-refractivity contribution in [3.8, 4) is 5.95 Å². The number of benzene rings is 1. The van der Waals surface area contributed by atoms with Crippen LogP contribution in [0.1, 0.15) is 18.8 Å². The summed E-state index contributed by atoms with van der Waals surface area (Å²) in [5.41, 5.74) is 2.10. The van der Waals surface area contributed by atoms with E-state index < -0.39 is 24.7 Å². The van der Waals surface area contributed by atoms with Crippen molar-refractivity contribution in [2.45, 2.75) is 26.1 Å². The van der Waals surface area contributed by atoms with Crippen LogP contribution in [0.2, 0.25) is 5.02 Å². The molecule has 3 aromatic heterocycles. The lowest BCUT2D eigenvalue weighted by Crippen LogP contribution is -2.38. The first-order valence-corrected chi connectivity index (χ1v) is 9.21. The van der Waals surface area contributed by atoms with E-state index in [0.29, 0.717) is 33.0 Å². The zero-order chi connectivity index (χ0) is 21.6. The molecular formula is C18H15ClF3N7O. The lowest BCUT2D eigenvalue weighted by atomic mass is 10.3. The highest BCUT2D eigenvalue weighted by atomic mass is 35.5. The first kappa shape index (κ1) is 20.1. The van der Waals surface area contributed by atoms with Crippen LogP contribution in [0.15, 0.2) is 30.7 Å². The topological polar surface area (TPSA) is 90.5 Å². The summed E-state index contributed by atoms with van der Waals surface area (Å²) >= 11 is 6.08. The van der Waals surface area contributed by atoms with Crippen molar-refractivity contribution >= 4 is 39.7 Å². The van der Waals surface area contributed by atoms with E-state index >= 15 is 0 Å². The molecule has 3 heterocycles. The molecule has 0 spiro atoms. The van der Waals surface area contributed by atoms with Gasteiger partial charge >= 0.3 is 6.18 Å². The van der Waals surface area contributed by atoms with Crippen LogP contribution in [0, 0.1) is 6.92 Å². The molecule has 0 fully saturated rings. The molecule has 0 radical (unpaired) electrons. The van der Waals surface area contributed by atoms with Gasteiger partial charge in [0.15, 0.2) is 5.65 Å². The number of rotatable bonds is 4. The third-order valence-electron chi connectivity index (χ3n) is 4.55. The molecule has 0 saturated carbocycles. The summed E-state index contributed by atoms with van der Waals surface area (Å²) in [5, 5.41) is 2.40. The zero-order valence-corrected chi connectivity index (χ0v) is 16.5. The lowest BCUT2D eigenvalue weighted by molar-refractivity contribution is -0.140. The number of aromatic nitrogens is 6. The highest BCUT2D eigenvalue weighted by molar-refractivity contribution is 6.31. The number of fused-ring (bicyclic) bond motifs is 2. The second-order valence-electron chi connectivity index (χ2n) is 6.66. The Morgan fingerprint density at radius 2 is 2.00 bits per heavy atom. The highest BCUT2D eigenvalue weighted by Crippen LogP contribution is 2.23. The Morgan fingerprint density at radius 1 is 1.23 bits per heavy atom. The number of hydrogen-bond acceptors (Lipinski definition) is 5. The van der Waals surface area contributed by atoms with Crippen molar-refractivity contribution < 1.29 is 18.0 Å². The van der Waals surface area contributed by atoms with Crippen LogP contribution < -0.4 is 5.32 Å². The first-order valence-electron chi connectivity index (χ1n) is 8.83. The van der Waals surface area contributed by atoms with E-state index in [0.717, 1.165) is 0 Å². The third-order valence-corrected chi connectivity index (χ3v) is 4.79. The second kappa shape index (κ2) is 7.24. The molecule has 0 aliphatic rings. The molecule has 4 rings (SSSR count). The fourth-order valence-electron chi connectivity index (χ4n) is 3.17. The summed E-state index contributed by atoms with van der Waals surface area (Å²) in [4.78, 5) is 29.7. The SMILES string of the molecule is Cc1nc2cnc(-n3cnc4ccc(Cl)cc43)nc2n1C(C)C(=O)NCC(F)(F)F. The number of amides is 1. The normalized spacial score (nSPS) is 13.1. The van der Waals surface area contributed by atoms with Gasteiger partial charge in [-0.1, -0.05) is 11.6 Å². The number of carbonyl (C=O) groups is 1. The van der Waals surface area contributed by atoms with Gasteiger partial charge in [-0.2, -0.15) is 18.2 Å². The van der Waals surface area contributed by atoms with E-state index in [1.807, 2.05) is 5.32 Å². The van der Waals surface area contributed by atoms with Gasteiger partial charge in [-0.15, -0.1) is 0 Å². The molecule has 1 aromatic carbocycles. The molecule has 1 N–H and O–H groups in total. The van der Waals surface area contributed by atoms with E-state index in [1.165, 1.54) is 24.0 Å². The van der Waals surface area contributed by atoms with Crippen molar-refractivity contribution in [3.63, 3.8) is 0 Å². The van der Waals surface area contributed by atoms with Crippen LogP contribution in [-0.4, -0.2) is 47.7 Å². The van der Waals surface area contributed by atoms with Gasteiger partial charge in [0.25, 0.3) is 0 Å². The highest BCUT2D eigenvalue weighted by Gasteiger charge is 2.30. The van der Waals surface area contributed by atoms with Gasteiger partial charge in [0.05, 0.1) is 17.2 Å². The predicted octanol–water partition coefficient (Wildman–Crippen LogP) is 3.37. The van der Waals surface area contributed by atoms with Crippen LogP contribution in [0.4, 0.5) is 13.2 Å². The Bertz CT molecular complexity index is 1260. The Morgan fingerprint density at radius 3 is 2.73 bits per heavy atom. The molecule has 1 atom stereocenters. The molecule has 0 bridgehead atoms. The van der Waals surface area contributed by atoms with Crippen LogP contribution in [-0.2, 0) is 4.79 Å². The number of aryl methyl sites for hydroxylation is 1. The van der Waals surface area contributed by atoms with Crippen LogP contribution >= 0.6 is 11.6 Å². The average molecular weight is 438 g/mol. The number of carbonyl (C=O) groups excluding carboxylic acids is 1. The molecule has 156 valence electrons. The van der Waals surface area contributed by atoms with E-state index in [2.05, 4.69) is 19.9 Å². The van der Waals surface area contributed by atoms with Crippen molar-refractivity contribution in [1.82, 2.24) is 34.4 Å². The van der Waals surface area contributed by atoms with Gasteiger partial charge in [-0.05, 0) is 32.0 Å². The molecule has 0 aliphatic carbocycles. The monoisotopic (exact) mass is 437 g/mol. The standard InChI is InChI=1S/C18H15ClF3N7O/c1-9(16(30)24-7-18(20,21)22)29-10(2)26-13-6-23-17(27-15(13)29)28-8-25-12-4-3-11(19)5-14(12)28/h3-6,8-9H,7H2,1-2H3,(H,24,30). The Kier molecular flexibility index (Phi) is 4.85. The molecule has 0 aliphatic heterocycles. The number of halogens is 4. The summed E-state index contributed by atoms with van der Waals surface area (Å²) in [5.74, 6) is -0.115. The largest absolute Gasteiger partial charge is 0.405 e. The molecule has 30 heavy (non-hydrogen) atoms. The Labute approximate surface area is 172 Å². The Balaban J connectivity index is 1.76. The average Bonchev–Trinajstić information content (AvgIpc) is 3.24. The van der Waals surface area contributed by atoms with Gasteiger partial charge in [-0.25, -0.2) is 15.0 Å². The smallest absolute Gasteiger partial charge is 0.345 e. The summed E-state index contributed by atoms with van der Waals surface area (Å²) < 4.78 is 40.4. The van der Waals surface area contributed by atoms with Gasteiger partial charge in [0.1, 0.15) is 30.3 Å². The zero-order valence-electron chi connectivity index (χ0n) is 15.8. The Hall–Kier alpha value is -3.21. The lowest BCUT2D eigenvalue weighted by Gasteiger charge is -2.16. The number of nitrogens with zero attached hydrogens (tertiary/aromatic N) is 6. The minimum atomic E-state index is -4.50. The molecule has 4 aromatic rings. The molecule has 8 nitrogen and oxygen atoms in total. The van der Waals surface area contributed by atoms with Gasteiger partial charge in [-0.3, -0.25) is 9.36 Å². The van der Waals surface area contributed by atoms with E-state index in [9.17, 15) is 18.0 Å². The summed E-state index contributed by atoms with van der Waals surface area (Å²) in [7, 11) is 0. The maximum Gasteiger partial charge on any atom is 0.405 e. The maximum atomic E-state index is 12.4.